The third-order valence-electron chi connectivity index (χ3n) is 1.49. The molecular weight excluding hydrogens is 243 g/mol. The lowest BCUT2D eigenvalue weighted by Gasteiger charge is -2.03. The van der Waals surface area contributed by atoms with Gasteiger partial charge in [0.2, 0.25) is 5.91 Å². The highest BCUT2D eigenvalue weighted by molar-refractivity contribution is 5.85. The molecule has 5 nitrogen and oxygen atoms in total. The molecule has 0 rings (SSSR count). The van der Waals surface area contributed by atoms with E-state index in [-0.39, 0.29) is 37.3 Å². The van der Waals surface area contributed by atoms with Gasteiger partial charge in [-0.2, -0.15) is 0 Å². The van der Waals surface area contributed by atoms with Gasteiger partial charge in [-0.25, -0.2) is 0 Å². The number of esters is 1. The molecule has 0 aromatic heterocycles. The fourth-order valence-corrected chi connectivity index (χ4v) is 0.757. The average molecular weight is 261 g/mol. The van der Waals surface area contributed by atoms with Crippen LogP contribution in [0.1, 0.15) is 12.8 Å². The summed E-state index contributed by atoms with van der Waals surface area (Å²) in [6, 6.07) is 0. The molecule has 0 aliphatic rings. The highest BCUT2D eigenvalue weighted by Gasteiger charge is 2.03. The third kappa shape index (κ3) is 13.5. The van der Waals surface area contributed by atoms with Crippen molar-refractivity contribution in [1.82, 2.24) is 10.6 Å². The second-order valence-corrected chi connectivity index (χ2v) is 2.56. The number of nitrogens with one attached hydrogen (secondary N) is 2. The minimum atomic E-state index is -0.429. The van der Waals surface area contributed by atoms with E-state index < -0.39 is 5.97 Å². The van der Waals surface area contributed by atoms with Crippen LogP contribution in [0.25, 0.3) is 0 Å². The first-order valence-corrected chi connectivity index (χ1v) is 4.18. The summed E-state index contributed by atoms with van der Waals surface area (Å²) in [5.41, 5.74) is 0. The quantitative estimate of drug-likeness (QED) is 0.526. The van der Waals surface area contributed by atoms with Crippen LogP contribution in [0.15, 0.2) is 0 Å². The van der Waals surface area contributed by atoms with Gasteiger partial charge in [-0.15, -0.1) is 24.8 Å². The van der Waals surface area contributed by atoms with E-state index in [0.717, 1.165) is 13.0 Å². The molecule has 92 valence electrons. The molecule has 0 saturated carbocycles. The number of hydrogen-bond donors (Lipinski definition) is 2. The second kappa shape index (κ2) is 13.5. The number of carbonyl (C=O) groups excluding carboxylic acids is 2. The summed E-state index contributed by atoms with van der Waals surface area (Å²) < 4.78 is 4.36. The normalized spacial score (nSPS) is 8.13. The molecule has 7 heteroatoms. The van der Waals surface area contributed by atoms with Crippen molar-refractivity contribution in [2.45, 2.75) is 12.8 Å². The Balaban J connectivity index is -0.000000720. The van der Waals surface area contributed by atoms with Crippen molar-refractivity contribution >= 4 is 36.7 Å². The monoisotopic (exact) mass is 260 g/mol. The number of ether oxygens (including phenoxy) is 1. The van der Waals surface area contributed by atoms with Crippen molar-refractivity contribution in [3.63, 3.8) is 0 Å². The van der Waals surface area contributed by atoms with Gasteiger partial charge in [0.15, 0.2) is 0 Å². The van der Waals surface area contributed by atoms with Crippen LogP contribution in [-0.4, -0.2) is 39.1 Å². The summed E-state index contributed by atoms with van der Waals surface area (Å²) >= 11 is 0. The first-order chi connectivity index (χ1) is 6.20. The molecule has 0 spiro atoms. The molecule has 0 heterocycles. The minimum Gasteiger partial charge on any atom is -0.468 e. The Hall–Kier alpha value is -0.520. The van der Waals surface area contributed by atoms with Crippen LogP contribution in [0.2, 0.25) is 0 Å². The summed E-state index contributed by atoms with van der Waals surface area (Å²) in [5.74, 6) is -0.553. The summed E-state index contributed by atoms with van der Waals surface area (Å²) in [6.45, 7) is 0.751. The lowest BCUT2D eigenvalue weighted by molar-refractivity contribution is -0.141. The van der Waals surface area contributed by atoms with Crippen molar-refractivity contribution in [3.8, 4) is 0 Å². The fourth-order valence-electron chi connectivity index (χ4n) is 0.757. The molecule has 0 aliphatic carbocycles. The van der Waals surface area contributed by atoms with Crippen LogP contribution in [0.5, 0.6) is 0 Å². The van der Waals surface area contributed by atoms with Gasteiger partial charge in [-0.1, -0.05) is 0 Å². The summed E-state index contributed by atoms with van der Waals surface area (Å²) in [5, 5.41) is 5.38. The van der Waals surface area contributed by atoms with Crippen molar-refractivity contribution in [2.75, 3.05) is 27.2 Å². The molecule has 0 saturated heterocycles. The van der Waals surface area contributed by atoms with E-state index in [1.165, 1.54) is 7.11 Å². The van der Waals surface area contributed by atoms with E-state index in [1.54, 1.807) is 0 Å². The van der Waals surface area contributed by atoms with Gasteiger partial charge in [0.05, 0.1) is 7.11 Å². The Kier molecular flexibility index (Phi) is 17.9. The Bertz CT molecular complexity index is 179. The van der Waals surface area contributed by atoms with Gasteiger partial charge < -0.3 is 15.4 Å². The zero-order valence-corrected chi connectivity index (χ0v) is 10.5. The SMILES string of the molecule is CNCCCC(=O)NCC(=O)OC.Cl.Cl. The van der Waals surface area contributed by atoms with Crippen molar-refractivity contribution < 1.29 is 14.3 Å². The van der Waals surface area contributed by atoms with Gasteiger partial charge in [-0.05, 0) is 20.0 Å². The summed E-state index contributed by atoms with van der Waals surface area (Å²) in [4.78, 5) is 21.6. The molecule has 2 N–H and O–H groups in total. The van der Waals surface area contributed by atoms with Gasteiger partial charge >= 0.3 is 5.97 Å². The van der Waals surface area contributed by atoms with Crippen molar-refractivity contribution in [1.29, 1.82) is 0 Å². The molecular formula is C8H18Cl2N2O3. The summed E-state index contributed by atoms with van der Waals surface area (Å²) in [6.07, 6.45) is 1.20. The maximum absolute atomic E-state index is 11.0. The second-order valence-electron chi connectivity index (χ2n) is 2.56. The summed E-state index contributed by atoms with van der Waals surface area (Å²) in [7, 11) is 3.11. The van der Waals surface area contributed by atoms with Crippen LogP contribution in [-0.2, 0) is 14.3 Å². The molecule has 0 unspecified atom stereocenters. The third-order valence-corrected chi connectivity index (χ3v) is 1.49. The maximum atomic E-state index is 11.0. The van der Waals surface area contributed by atoms with Gasteiger partial charge in [0.1, 0.15) is 6.54 Å². The standard InChI is InChI=1S/C8H16N2O3.2ClH/c1-9-5-3-4-7(11)10-6-8(12)13-2;;/h9H,3-6H2,1-2H3,(H,10,11);2*1H. The highest BCUT2D eigenvalue weighted by Crippen LogP contribution is 1.86. The Morgan fingerprint density at radius 3 is 2.33 bits per heavy atom. The number of carbonyl (C=O) groups is 2. The number of rotatable bonds is 6. The topological polar surface area (TPSA) is 67.4 Å². The number of amides is 1. The lowest BCUT2D eigenvalue weighted by atomic mass is 10.3. The Morgan fingerprint density at radius 2 is 1.87 bits per heavy atom. The van der Waals surface area contributed by atoms with E-state index in [1.807, 2.05) is 7.05 Å². The van der Waals surface area contributed by atoms with E-state index in [9.17, 15) is 9.59 Å². The number of halogens is 2. The molecule has 1 amide bonds. The predicted octanol–water partition coefficient (Wildman–Crippen LogP) is 0.119. The highest BCUT2D eigenvalue weighted by atomic mass is 35.5. The van der Waals surface area contributed by atoms with Crippen LogP contribution in [0, 0.1) is 0 Å². The Morgan fingerprint density at radius 1 is 1.27 bits per heavy atom. The van der Waals surface area contributed by atoms with Crippen LogP contribution in [0.3, 0.4) is 0 Å². The van der Waals surface area contributed by atoms with Crippen molar-refractivity contribution in [2.24, 2.45) is 0 Å². The van der Waals surface area contributed by atoms with Crippen LogP contribution < -0.4 is 10.6 Å². The zero-order chi connectivity index (χ0) is 10.1. The molecule has 0 radical (unpaired) electrons. The first kappa shape index (κ1) is 20.0. The van der Waals surface area contributed by atoms with E-state index in [4.69, 9.17) is 0 Å². The number of hydrogen-bond acceptors (Lipinski definition) is 4. The zero-order valence-electron chi connectivity index (χ0n) is 8.87. The minimum absolute atomic E-state index is 0. The number of methoxy groups -OCH3 is 1. The first-order valence-electron chi connectivity index (χ1n) is 4.18. The molecule has 0 atom stereocenters. The molecule has 0 aromatic carbocycles. The van der Waals surface area contributed by atoms with Gasteiger partial charge in [-0.3, -0.25) is 9.59 Å². The lowest BCUT2D eigenvalue weighted by Crippen LogP contribution is -2.30. The van der Waals surface area contributed by atoms with Crippen LogP contribution in [0.4, 0.5) is 0 Å². The van der Waals surface area contributed by atoms with E-state index >= 15 is 0 Å². The predicted molar refractivity (Wildman–Crippen MR) is 62.7 cm³/mol. The molecule has 0 aliphatic heterocycles. The van der Waals surface area contributed by atoms with Gasteiger partial charge in [0.25, 0.3) is 0 Å². The molecule has 0 fully saturated rings. The maximum Gasteiger partial charge on any atom is 0.325 e. The smallest absolute Gasteiger partial charge is 0.325 e. The fraction of sp³-hybridized carbons (Fsp3) is 0.750. The molecule has 15 heavy (non-hydrogen) atoms. The van der Waals surface area contributed by atoms with E-state index in [2.05, 4.69) is 15.4 Å². The van der Waals surface area contributed by atoms with Crippen molar-refractivity contribution in [3.05, 3.63) is 0 Å². The van der Waals surface area contributed by atoms with Gasteiger partial charge in [0, 0.05) is 6.42 Å². The van der Waals surface area contributed by atoms with E-state index in [0.29, 0.717) is 6.42 Å². The Labute approximate surface area is 102 Å². The average Bonchev–Trinajstić information content (AvgIpc) is 2.14. The largest absolute Gasteiger partial charge is 0.468 e. The molecule has 0 bridgehead atoms. The van der Waals surface area contributed by atoms with Crippen LogP contribution >= 0.6 is 24.8 Å². The molecule has 0 aromatic rings.